The molecule has 1 aromatic heterocycles. The molecule has 1 saturated heterocycles. The minimum absolute atomic E-state index is 0.287. The van der Waals surface area contributed by atoms with Gasteiger partial charge in [0.25, 0.3) is 0 Å². The maximum Gasteiger partial charge on any atom is 0.164 e. The monoisotopic (exact) mass is 394 g/mol. The fraction of sp³-hybridized carbons (Fsp3) is 0.348. The third-order valence-corrected chi connectivity index (χ3v) is 5.35. The van der Waals surface area contributed by atoms with Gasteiger partial charge < -0.3 is 24.2 Å². The van der Waals surface area contributed by atoms with Gasteiger partial charge in [-0.3, -0.25) is 0 Å². The average molecular weight is 394 g/mol. The molecule has 0 bridgehead atoms. The molecule has 29 heavy (non-hydrogen) atoms. The Hall–Kier alpha value is -2.99. The molecule has 0 amide bonds. The van der Waals surface area contributed by atoms with E-state index in [1.807, 2.05) is 24.3 Å². The lowest BCUT2D eigenvalue weighted by molar-refractivity contribution is 0.0239. The zero-order valence-electron chi connectivity index (χ0n) is 17.0. The van der Waals surface area contributed by atoms with Crippen LogP contribution in [0.1, 0.15) is 12.0 Å². The summed E-state index contributed by atoms with van der Waals surface area (Å²) in [5, 5.41) is 11.9. The molecule has 1 fully saturated rings. The van der Waals surface area contributed by atoms with Crippen LogP contribution in [-0.4, -0.2) is 49.6 Å². The molecular weight excluding hydrogens is 368 g/mol. The Labute approximate surface area is 170 Å². The number of anilines is 1. The van der Waals surface area contributed by atoms with Crippen molar-refractivity contribution in [2.45, 2.75) is 25.6 Å². The van der Waals surface area contributed by atoms with Crippen molar-refractivity contribution in [3.8, 4) is 17.2 Å². The minimum Gasteiger partial charge on any atom is -0.493 e. The van der Waals surface area contributed by atoms with Gasteiger partial charge in [0.1, 0.15) is 23.8 Å². The van der Waals surface area contributed by atoms with Crippen molar-refractivity contribution in [2.75, 3.05) is 32.2 Å². The molecule has 4 rings (SSSR count). The van der Waals surface area contributed by atoms with Crippen molar-refractivity contribution >= 4 is 16.7 Å². The normalized spacial score (nSPS) is 19.2. The number of para-hydroxylation sites is 1. The van der Waals surface area contributed by atoms with E-state index in [0.717, 1.165) is 28.8 Å². The molecule has 0 radical (unpaired) electrons. The largest absolute Gasteiger partial charge is 0.493 e. The van der Waals surface area contributed by atoms with Crippen molar-refractivity contribution in [1.29, 1.82) is 0 Å². The number of fused-ring (bicyclic) bond motifs is 1. The number of nitrogens with zero attached hydrogens (tertiary/aromatic N) is 2. The first-order valence-electron chi connectivity index (χ1n) is 9.77. The summed E-state index contributed by atoms with van der Waals surface area (Å²) in [6.45, 7) is 3.30. The highest BCUT2D eigenvalue weighted by Crippen LogP contribution is 2.33. The van der Waals surface area contributed by atoms with Gasteiger partial charge in [-0.05, 0) is 36.8 Å². The Morgan fingerprint density at radius 1 is 1.03 bits per heavy atom. The van der Waals surface area contributed by atoms with E-state index in [0.29, 0.717) is 30.2 Å². The highest BCUT2D eigenvalue weighted by atomic mass is 16.5. The van der Waals surface area contributed by atoms with Crippen molar-refractivity contribution in [3.05, 3.63) is 54.1 Å². The maximum absolute atomic E-state index is 10.7. The van der Waals surface area contributed by atoms with Gasteiger partial charge in [-0.25, -0.2) is 4.98 Å². The molecule has 0 spiro atoms. The number of methoxy groups -OCH3 is 2. The fourth-order valence-corrected chi connectivity index (χ4v) is 3.84. The van der Waals surface area contributed by atoms with E-state index in [2.05, 4.69) is 24.0 Å². The number of hydrogen-bond donors (Lipinski definition) is 1. The van der Waals surface area contributed by atoms with Crippen molar-refractivity contribution in [3.63, 3.8) is 0 Å². The summed E-state index contributed by atoms with van der Waals surface area (Å²) >= 11 is 0. The van der Waals surface area contributed by atoms with Crippen LogP contribution in [0.4, 0.5) is 5.82 Å². The Bertz CT molecular complexity index is 1010. The Morgan fingerprint density at radius 2 is 1.83 bits per heavy atom. The van der Waals surface area contributed by atoms with Crippen LogP contribution in [0.2, 0.25) is 0 Å². The molecular formula is C23H26N2O4. The Morgan fingerprint density at radius 3 is 2.59 bits per heavy atom. The highest BCUT2D eigenvalue weighted by Gasteiger charge is 2.31. The van der Waals surface area contributed by atoms with Gasteiger partial charge in [-0.2, -0.15) is 0 Å². The third kappa shape index (κ3) is 3.93. The van der Waals surface area contributed by atoms with Crippen LogP contribution in [0.15, 0.2) is 48.5 Å². The second-order valence-corrected chi connectivity index (χ2v) is 7.30. The van der Waals surface area contributed by atoms with Crippen LogP contribution in [0.25, 0.3) is 10.9 Å². The molecule has 0 aliphatic carbocycles. The Kier molecular flexibility index (Phi) is 5.45. The van der Waals surface area contributed by atoms with Gasteiger partial charge in [0.2, 0.25) is 0 Å². The van der Waals surface area contributed by atoms with E-state index < -0.39 is 6.10 Å². The van der Waals surface area contributed by atoms with Gasteiger partial charge >= 0.3 is 0 Å². The van der Waals surface area contributed by atoms with E-state index in [1.54, 1.807) is 26.4 Å². The second-order valence-electron chi connectivity index (χ2n) is 7.30. The molecule has 6 heteroatoms. The molecule has 0 saturated carbocycles. The fourth-order valence-electron chi connectivity index (χ4n) is 3.84. The van der Waals surface area contributed by atoms with Crippen molar-refractivity contribution in [2.24, 2.45) is 0 Å². The number of aliphatic hydroxyl groups is 1. The number of aryl methyl sites for hydroxylation is 1. The minimum atomic E-state index is -0.621. The molecule has 1 aliphatic heterocycles. The van der Waals surface area contributed by atoms with Crippen molar-refractivity contribution in [1.82, 2.24) is 4.98 Å². The van der Waals surface area contributed by atoms with Gasteiger partial charge in [0.05, 0.1) is 19.7 Å². The van der Waals surface area contributed by atoms with Crippen LogP contribution in [-0.2, 0) is 0 Å². The SMILES string of the molecule is COc1ccc(O[C@@H]2CCN(c3nc4ccccc4cc3C)C[C@H]2O)cc1OC. The lowest BCUT2D eigenvalue weighted by atomic mass is 10.0. The summed E-state index contributed by atoms with van der Waals surface area (Å²) in [7, 11) is 3.19. The Balaban J connectivity index is 1.48. The van der Waals surface area contributed by atoms with Crippen LogP contribution in [0, 0.1) is 6.92 Å². The summed E-state index contributed by atoms with van der Waals surface area (Å²) in [4.78, 5) is 6.97. The van der Waals surface area contributed by atoms with Gasteiger partial charge in [-0.1, -0.05) is 18.2 Å². The number of hydrogen-bond acceptors (Lipinski definition) is 6. The topological polar surface area (TPSA) is 64.1 Å². The predicted octanol–water partition coefficient (Wildman–Crippen LogP) is 3.58. The van der Waals surface area contributed by atoms with Crippen LogP contribution < -0.4 is 19.1 Å². The standard InChI is InChI=1S/C23H26N2O4/c1-15-12-16-6-4-5-7-18(16)24-23(15)25-11-10-20(19(26)14-25)29-17-8-9-21(27-2)22(13-17)28-3/h4-9,12-13,19-20,26H,10-11,14H2,1-3H3/t19-,20-/m1/s1. The lowest BCUT2D eigenvalue weighted by Gasteiger charge is -2.37. The molecule has 1 N–H and O–H groups in total. The molecule has 2 heterocycles. The number of piperidine rings is 1. The molecule has 1 aliphatic rings. The smallest absolute Gasteiger partial charge is 0.164 e. The summed E-state index contributed by atoms with van der Waals surface area (Å²) in [6, 6.07) is 15.7. The molecule has 2 atom stereocenters. The number of rotatable bonds is 5. The van der Waals surface area contributed by atoms with E-state index >= 15 is 0 Å². The van der Waals surface area contributed by atoms with E-state index in [-0.39, 0.29) is 6.10 Å². The van der Waals surface area contributed by atoms with Gasteiger partial charge in [0, 0.05) is 31.0 Å². The van der Waals surface area contributed by atoms with Crippen LogP contribution in [0.5, 0.6) is 17.2 Å². The first kappa shape index (κ1) is 19.3. The van der Waals surface area contributed by atoms with Crippen LogP contribution >= 0.6 is 0 Å². The molecule has 3 aromatic rings. The second kappa shape index (κ2) is 8.17. The molecule has 6 nitrogen and oxygen atoms in total. The van der Waals surface area contributed by atoms with E-state index in [1.165, 1.54) is 0 Å². The summed E-state index contributed by atoms with van der Waals surface area (Å²) in [5.74, 6) is 2.83. The molecule has 0 unspecified atom stereocenters. The number of β-amino-alcohol motifs (C(OH)–C–C–N with tert-alkyl or cyclic N) is 1. The van der Waals surface area contributed by atoms with E-state index in [9.17, 15) is 5.11 Å². The number of aliphatic hydroxyl groups excluding tert-OH is 1. The number of pyridine rings is 1. The quantitative estimate of drug-likeness (QED) is 0.714. The summed E-state index contributed by atoms with van der Waals surface area (Å²) in [5.41, 5.74) is 2.07. The zero-order chi connectivity index (χ0) is 20.4. The average Bonchev–Trinajstić information content (AvgIpc) is 2.74. The van der Waals surface area contributed by atoms with Gasteiger partial charge in [0.15, 0.2) is 11.5 Å². The van der Waals surface area contributed by atoms with Gasteiger partial charge in [-0.15, -0.1) is 0 Å². The lowest BCUT2D eigenvalue weighted by Crippen LogP contribution is -2.49. The first-order chi connectivity index (χ1) is 14.1. The number of aromatic nitrogens is 1. The summed E-state index contributed by atoms with van der Waals surface area (Å²) < 4.78 is 16.7. The zero-order valence-corrected chi connectivity index (χ0v) is 17.0. The van der Waals surface area contributed by atoms with E-state index in [4.69, 9.17) is 19.2 Å². The maximum atomic E-state index is 10.7. The summed E-state index contributed by atoms with van der Waals surface area (Å²) in [6.07, 6.45) is -0.210. The number of ether oxygens (including phenoxy) is 3. The first-order valence-corrected chi connectivity index (χ1v) is 9.77. The third-order valence-electron chi connectivity index (χ3n) is 5.35. The van der Waals surface area contributed by atoms with Crippen LogP contribution in [0.3, 0.4) is 0 Å². The molecule has 152 valence electrons. The molecule has 2 aromatic carbocycles. The number of benzene rings is 2. The predicted molar refractivity (Wildman–Crippen MR) is 113 cm³/mol. The highest BCUT2D eigenvalue weighted by molar-refractivity contribution is 5.81. The van der Waals surface area contributed by atoms with Crippen molar-refractivity contribution < 1.29 is 19.3 Å².